The normalized spacial score (nSPS) is 23.9. The van der Waals surface area contributed by atoms with Crippen molar-refractivity contribution >= 4 is 18.3 Å². The number of benzene rings is 1. The van der Waals surface area contributed by atoms with Crippen LogP contribution in [-0.2, 0) is 4.79 Å². The van der Waals surface area contributed by atoms with Crippen molar-refractivity contribution in [3.05, 3.63) is 42.1 Å². The number of carbonyl (C=O) groups is 1. The van der Waals surface area contributed by atoms with Crippen LogP contribution in [0, 0.1) is 5.82 Å². The minimum Gasteiger partial charge on any atom is -0.494 e. The Kier molecular flexibility index (Phi) is 5.86. The number of carbonyl (C=O) groups excluding carboxylic acids is 1. The lowest BCUT2D eigenvalue weighted by Crippen LogP contribution is -2.47. The van der Waals surface area contributed by atoms with Crippen molar-refractivity contribution in [1.29, 1.82) is 0 Å². The first kappa shape index (κ1) is 20.5. The molecule has 1 spiro atoms. The summed E-state index contributed by atoms with van der Waals surface area (Å²) in [7, 11) is 1.83. The van der Waals surface area contributed by atoms with Crippen molar-refractivity contribution < 1.29 is 13.9 Å². The molecule has 2 fully saturated rings. The summed E-state index contributed by atoms with van der Waals surface area (Å²) < 4.78 is 19.8. The van der Waals surface area contributed by atoms with Crippen molar-refractivity contribution in [3.8, 4) is 17.0 Å². The van der Waals surface area contributed by atoms with Crippen LogP contribution < -0.4 is 10.1 Å². The number of nitrogens with zero attached hydrogens (tertiary/aromatic N) is 3. The first-order valence-corrected chi connectivity index (χ1v) is 9.31. The lowest BCUT2D eigenvalue weighted by Gasteiger charge is -2.23. The quantitative estimate of drug-likeness (QED) is 0.844. The second-order valence-electron chi connectivity index (χ2n) is 7.17. The first-order chi connectivity index (χ1) is 13.0. The van der Waals surface area contributed by atoms with Crippen LogP contribution in [0.1, 0.15) is 38.1 Å². The molecule has 0 aliphatic carbocycles. The highest BCUT2D eigenvalue weighted by molar-refractivity contribution is 5.88. The van der Waals surface area contributed by atoms with E-state index in [1.807, 2.05) is 14.0 Å². The number of likely N-dealkylation sites (N-methyl/N-ethyl adjacent to an activating group) is 1. The van der Waals surface area contributed by atoms with Crippen LogP contribution in [0.15, 0.2) is 30.5 Å². The van der Waals surface area contributed by atoms with E-state index < -0.39 is 5.54 Å². The maximum absolute atomic E-state index is 14.4. The molecule has 8 heteroatoms. The largest absolute Gasteiger partial charge is 0.494 e. The van der Waals surface area contributed by atoms with E-state index in [1.165, 1.54) is 6.07 Å². The summed E-state index contributed by atoms with van der Waals surface area (Å²) in [6.07, 6.45) is 3.98. The standard InChI is InChI=1S/C20H23FN4O2.ClH/c1-3-27-13-4-5-15(21)14(12-13)16-7-10-22-18(23-16)17-6-8-20(24-17)9-11-25(2)19(20)26;/h4-5,7,10,12,17,24H,3,6,8-9,11H2,1-2H3;1H/t17-,20+;/m1./s1. The average molecular weight is 407 g/mol. The molecule has 2 aromatic rings. The molecule has 2 aliphatic rings. The van der Waals surface area contributed by atoms with Crippen LogP contribution in [0.25, 0.3) is 11.3 Å². The molecular weight excluding hydrogens is 383 g/mol. The number of hydrogen-bond acceptors (Lipinski definition) is 5. The number of ether oxygens (including phenoxy) is 1. The van der Waals surface area contributed by atoms with E-state index in [9.17, 15) is 9.18 Å². The monoisotopic (exact) mass is 406 g/mol. The molecule has 3 heterocycles. The zero-order valence-electron chi connectivity index (χ0n) is 15.9. The van der Waals surface area contributed by atoms with Crippen LogP contribution in [0.5, 0.6) is 5.75 Å². The van der Waals surface area contributed by atoms with Crippen LogP contribution in [0.2, 0.25) is 0 Å². The fourth-order valence-corrected chi connectivity index (χ4v) is 4.01. The third-order valence-corrected chi connectivity index (χ3v) is 5.45. The second kappa shape index (κ2) is 8.01. The van der Waals surface area contributed by atoms with E-state index in [4.69, 9.17) is 4.74 Å². The van der Waals surface area contributed by atoms with Gasteiger partial charge in [-0.2, -0.15) is 0 Å². The van der Waals surface area contributed by atoms with Gasteiger partial charge in [-0.05, 0) is 50.5 Å². The number of likely N-dealkylation sites (tertiary alicyclic amines) is 1. The van der Waals surface area contributed by atoms with Gasteiger partial charge in [0.05, 0.1) is 18.3 Å². The predicted molar refractivity (Wildman–Crippen MR) is 106 cm³/mol. The van der Waals surface area contributed by atoms with Gasteiger partial charge in [0.15, 0.2) is 0 Å². The number of amides is 1. The Morgan fingerprint density at radius 3 is 2.89 bits per heavy atom. The van der Waals surface area contributed by atoms with Crippen LogP contribution in [0.4, 0.5) is 4.39 Å². The highest BCUT2D eigenvalue weighted by Gasteiger charge is 2.50. The third kappa shape index (κ3) is 3.56. The Labute approximate surface area is 169 Å². The summed E-state index contributed by atoms with van der Waals surface area (Å²) in [6.45, 7) is 3.15. The summed E-state index contributed by atoms with van der Waals surface area (Å²) in [5.41, 5.74) is 0.393. The van der Waals surface area contributed by atoms with E-state index in [0.29, 0.717) is 29.4 Å². The Morgan fingerprint density at radius 2 is 2.18 bits per heavy atom. The van der Waals surface area contributed by atoms with Gasteiger partial charge in [0.25, 0.3) is 0 Å². The minimum atomic E-state index is -0.501. The summed E-state index contributed by atoms with van der Waals surface area (Å²) in [6, 6.07) is 6.23. The molecule has 6 nitrogen and oxygen atoms in total. The number of halogens is 2. The molecule has 0 bridgehead atoms. The molecule has 0 unspecified atom stereocenters. The van der Waals surface area contributed by atoms with Gasteiger partial charge in [-0.15, -0.1) is 12.4 Å². The lowest BCUT2D eigenvalue weighted by atomic mass is 9.96. The third-order valence-electron chi connectivity index (χ3n) is 5.45. The van der Waals surface area contributed by atoms with Gasteiger partial charge in [-0.3, -0.25) is 10.1 Å². The van der Waals surface area contributed by atoms with Crippen molar-refractivity contribution in [3.63, 3.8) is 0 Å². The lowest BCUT2D eigenvalue weighted by molar-refractivity contribution is -0.131. The number of nitrogens with one attached hydrogen (secondary N) is 1. The van der Waals surface area contributed by atoms with Crippen molar-refractivity contribution in [2.45, 2.75) is 37.8 Å². The molecule has 4 rings (SSSR count). The summed E-state index contributed by atoms with van der Waals surface area (Å²) in [5.74, 6) is 0.975. The zero-order valence-corrected chi connectivity index (χ0v) is 16.8. The SMILES string of the molecule is CCOc1ccc(F)c(-c2ccnc([C@H]3CC[C@@]4(CCN(C)C4=O)N3)n2)c1.Cl. The van der Waals surface area contributed by atoms with E-state index in [1.54, 1.807) is 29.3 Å². The predicted octanol–water partition coefficient (Wildman–Crippen LogP) is 3.13. The molecule has 2 atom stereocenters. The van der Waals surface area contributed by atoms with Crippen molar-refractivity contribution in [1.82, 2.24) is 20.2 Å². The average Bonchev–Trinajstić information content (AvgIpc) is 3.24. The van der Waals surface area contributed by atoms with Crippen LogP contribution in [0.3, 0.4) is 0 Å². The molecule has 0 radical (unpaired) electrons. The molecule has 0 saturated carbocycles. The van der Waals surface area contributed by atoms with E-state index in [0.717, 1.165) is 25.8 Å². The number of rotatable bonds is 4. The highest BCUT2D eigenvalue weighted by atomic mass is 35.5. The fourth-order valence-electron chi connectivity index (χ4n) is 4.01. The minimum absolute atomic E-state index is 0. The summed E-state index contributed by atoms with van der Waals surface area (Å²) >= 11 is 0. The second-order valence-corrected chi connectivity index (χ2v) is 7.17. The van der Waals surface area contributed by atoms with E-state index in [2.05, 4.69) is 15.3 Å². The first-order valence-electron chi connectivity index (χ1n) is 9.31. The fraction of sp³-hybridized carbons (Fsp3) is 0.450. The molecule has 1 N–H and O–H groups in total. The van der Waals surface area contributed by atoms with Gasteiger partial charge < -0.3 is 9.64 Å². The van der Waals surface area contributed by atoms with Crippen molar-refractivity contribution in [2.75, 3.05) is 20.2 Å². The topological polar surface area (TPSA) is 67.3 Å². The van der Waals surface area contributed by atoms with E-state index >= 15 is 0 Å². The Morgan fingerprint density at radius 1 is 1.36 bits per heavy atom. The summed E-state index contributed by atoms with van der Waals surface area (Å²) in [4.78, 5) is 23.2. The van der Waals surface area contributed by atoms with Gasteiger partial charge >= 0.3 is 0 Å². The smallest absolute Gasteiger partial charge is 0.242 e. The van der Waals surface area contributed by atoms with Crippen LogP contribution in [-0.4, -0.2) is 46.5 Å². The Hall–Kier alpha value is -2.25. The van der Waals surface area contributed by atoms with Crippen LogP contribution >= 0.6 is 12.4 Å². The maximum atomic E-state index is 14.4. The molecular formula is C20H24ClFN4O2. The zero-order chi connectivity index (χ0) is 19.0. The van der Waals surface area contributed by atoms with Gasteiger partial charge in [0.2, 0.25) is 5.91 Å². The van der Waals surface area contributed by atoms with Gasteiger partial charge in [-0.1, -0.05) is 0 Å². The Bertz CT molecular complexity index is 881. The molecule has 2 aliphatic heterocycles. The van der Waals surface area contributed by atoms with Crippen molar-refractivity contribution in [2.24, 2.45) is 0 Å². The van der Waals surface area contributed by atoms with Gasteiger partial charge in [0, 0.05) is 25.4 Å². The van der Waals surface area contributed by atoms with Gasteiger partial charge in [0.1, 0.15) is 22.9 Å². The molecule has 1 aromatic heterocycles. The molecule has 1 amide bonds. The molecule has 28 heavy (non-hydrogen) atoms. The molecule has 150 valence electrons. The summed E-state index contributed by atoms with van der Waals surface area (Å²) in [5, 5.41) is 3.45. The van der Waals surface area contributed by atoms with E-state index in [-0.39, 0.29) is 30.2 Å². The molecule has 2 saturated heterocycles. The molecule has 1 aromatic carbocycles. The Balaban J connectivity index is 0.00000225. The van der Waals surface area contributed by atoms with Gasteiger partial charge in [-0.25, -0.2) is 14.4 Å². The number of aromatic nitrogens is 2. The maximum Gasteiger partial charge on any atom is 0.242 e. The number of hydrogen-bond donors (Lipinski definition) is 1. The highest BCUT2D eigenvalue weighted by Crippen LogP contribution is 2.38.